The minimum absolute atomic E-state index is 0.281. The Morgan fingerprint density at radius 2 is 2.13 bits per heavy atom. The normalized spacial score (nSPS) is 17.2. The molecule has 0 amide bonds. The van der Waals surface area contributed by atoms with Gasteiger partial charge in [0.2, 0.25) is 0 Å². The lowest BCUT2D eigenvalue weighted by molar-refractivity contribution is 0.0602. The number of ether oxygens (including phenoxy) is 1. The van der Waals surface area contributed by atoms with Gasteiger partial charge in [0.1, 0.15) is 0 Å². The van der Waals surface area contributed by atoms with E-state index in [9.17, 15) is 4.79 Å². The molecule has 0 spiro atoms. The zero-order valence-electron chi connectivity index (χ0n) is 9.04. The van der Waals surface area contributed by atoms with Crippen LogP contribution in [0.25, 0.3) is 0 Å². The third-order valence-corrected chi connectivity index (χ3v) is 3.15. The largest absolute Gasteiger partial charge is 0.465 e. The summed E-state index contributed by atoms with van der Waals surface area (Å²) in [6.07, 6.45) is 2.40. The van der Waals surface area contributed by atoms with Gasteiger partial charge in [-0.15, -0.1) is 0 Å². The standard InChI is InChI=1S/C12H15NO2/c1-12(5-6-12)8-3-4-9(10(13)7-8)11(14)15-2/h3-4,7H,5-6,13H2,1-2H3. The van der Waals surface area contributed by atoms with Crippen molar-refractivity contribution in [2.75, 3.05) is 12.8 Å². The number of nitrogen functional groups attached to an aromatic ring is 1. The lowest BCUT2D eigenvalue weighted by Crippen LogP contribution is -2.08. The van der Waals surface area contributed by atoms with Crippen LogP contribution >= 0.6 is 0 Å². The second-order valence-electron chi connectivity index (χ2n) is 4.35. The fourth-order valence-corrected chi connectivity index (χ4v) is 1.71. The number of hydrogen-bond acceptors (Lipinski definition) is 3. The van der Waals surface area contributed by atoms with E-state index in [1.54, 1.807) is 6.07 Å². The zero-order valence-corrected chi connectivity index (χ0v) is 9.04. The van der Waals surface area contributed by atoms with Gasteiger partial charge in [0.05, 0.1) is 12.7 Å². The predicted molar refractivity (Wildman–Crippen MR) is 58.8 cm³/mol. The van der Waals surface area contributed by atoms with E-state index in [1.807, 2.05) is 12.1 Å². The number of rotatable bonds is 2. The molecule has 0 unspecified atom stereocenters. The number of methoxy groups -OCH3 is 1. The Morgan fingerprint density at radius 3 is 2.60 bits per heavy atom. The summed E-state index contributed by atoms with van der Waals surface area (Å²) in [5.74, 6) is -0.375. The van der Waals surface area contributed by atoms with E-state index in [1.165, 1.54) is 25.5 Å². The maximum atomic E-state index is 11.3. The maximum absolute atomic E-state index is 11.3. The first-order valence-electron chi connectivity index (χ1n) is 5.05. The SMILES string of the molecule is COC(=O)c1ccc(C2(C)CC2)cc1N. The Labute approximate surface area is 89.2 Å². The van der Waals surface area contributed by atoms with E-state index in [-0.39, 0.29) is 11.4 Å². The molecule has 0 saturated heterocycles. The fourth-order valence-electron chi connectivity index (χ4n) is 1.71. The quantitative estimate of drug-likeness (QED) is 0.594. The molecule has 0 aliphatic heterocycles. The second-order valence-corrected chi connectivity index (χ2v) is 4.35. The molecule has 2 N–H and O–H groups in total. The molecule has 0 bridgehead atoms. The van der Waals surface area contributed by atoms with Gasteiger partial charge in [-0.25, -0.2) is 4.79 Å². The molecule has 80 valence electrons. The molecule has 0 atom stereocenters. The average molecular weight is 205 g/mol. The predicted octanol–water partition coefficient (Wildman–Crippen LogP) is 2.11. The highest BCUT2D eigenvalue weighted by atomic mass is 16.5. The van der Waals surface area contributed by atoms with Gasteiger partial charge in [-0.05, 0) is 36.0 Å². The van der Waals surface area contributed by atoms with Gasteiger partial charge in [-0.3, -0.25) is 0 Å². The second kappa shape index (κ2) is 3.26. The monoisotopic (exact) mass is 205 g/mol. The Hall–Kier alpha value is -1.51. The van der Waals surface area contributed by atoms with Crippen LogP contribution in [0.15, 0.2) is 18.2 Å². The maximum Gasteiger partial charge on any atom is 0.339 e. The van der Waals surface area contributed by atoms with Crippen LogP contribution in [0.3, 0.4) is 0 Å². The van der Waals surface area contributed by atoms with Crippen LogP contribution in [0, 0.1) is 0 Å². The van der Waals surface area contributed by atoms with Crippen LogP contribution in [0.4, 0.5) is 5.69 Å². The first-order valence-corrected chi connectivity index (χ1v) is 5.05. The minimum Gasteiger partial charge on any atom is -0.465 e. The van der Waals surface area contributed by atoms with Crippen molar-refractivity contribution in [1.29, 1.82) is 0 Å². The molecular formula is C12H15NO2. The molecule has 2 rings (SSSR count). The van der Waals surface area contributed by atoms with Crippen molar-refractivity contribution in [1.82, 2.24) is 0 Å². The number of esters is 1. The van der Waals surface area contributed by atoms with Crippen LogP contribution in [0.2, 0.25) is 0 Å². The third kappa shape index (κ3) is 1.69. The van der Waals surface area contributed by atoms with Gasteiger partial charge in [0, 0.05) is 5.69 Å². The van der Waals surface area contributed by atoms with Crippen molar-refractivity contribution in [3.05, 3.63) is 29.3 Å². The first kappa shape index (κ1) is 10.0. The zero-order chi connectivity index (χ0) is 11.1. The van der Waals surface area contributed by atoms with Crippen LogP contribution < -0.4 is 5.73 Å². The lowest BCUT2D eigenvalue weighted by atomic mass is 9.96. The van der Waals surface area contributed by atoms with Crippen LogP contribution in [0.1, 0.15) is 35.7 Å². The van der Waals surface area contributed by atoms with Crippen molar-refractivity contribution in [2.45, 2.75) is 25.2 Å². The number of hydrogen-bond donors (Lipinski definition) is 1. The van der Waals surface area contributed by atoms with Crippen molar-refractivity contribution in [3.63, 3.8) is 0 Å². The van der Waals surface area contributed by atoms with Gasteiger partial charge in [0.15, 0.2) is 0 Å². The molecule has 3 heteroatoms. The number of carbonyl (C=O) groups is 1. The Kier molecular flexibility index (Phi) is 2.18. The molecule has 15 heavy (non-hydrogen) atoms. The summed E-state index contributed by atoms with van der Waals surface area (Å²) in [6, 6.07) is 5.61. The van der Waals surface area contributed by atoms with Crippen LogP contribution in [0.5, 0.6) is 0 Å². The molecule has 1 saturated carbocycles. The molecule has 3 nitrogen and oxygen atoms in total. The topological polar surface area (TPSA) is 52.3 Å². The summed E-state index contributed by atoms with van der Waals surface area (Å²) < 4.78 is 4.64. The van der Waals surface area contributed by atoms with E-state index in [0.29, 0.717) is 11.3 Å². The summed E-state index contributed by atoms with van der Waals surface area (Å²) in [5.41, 5.74) is 8.27. The highest BCUT2D eigenvalue weighted by Crippen LogP contribution is 2.48. The highest BCUT2D eigenvalue weighted by Gasteiger charge is 2.39. The van der Waals surface area contributed by atoms with Gasteiger partial charge in [-0.1, -0.05) is 13.0 Å². The number of carbonyl (C=O) groups excluding carboxylic acids is 1. The molecule has 1 aromatic carbocycles. The molecule has 1 fully saturated rings. The van der Waals surface area contributed by atoms with E-state index >= 15 is 0 Å². The smallest absolute Gasteiger partial charge is 0.339 e. The Morgan fingerprint density at radius 1 is 1.47 bits per heavy atom. The average Bonchev–Trinajstić information content (AvgIpc) is 2.96. The Bertz CT molecular complexity index is 408. The molecule has 1 aromatic rings. The van der Waals surface area contributed by atoms with Gasteiger partial charge < -0.3 is 10.5 Å². The van der Waals surface area contributed by atoms with Crippen molar-refractivity contribution in [2.24, 2.45) is 0 Å². The van der Waals surface area contributed by atoms with E-state index in [0.717, 1.165) is 0 Å². The van der Waals surface area contributed by atoms with E-state index in [4.69, 9.17) is 5.73 Å². The third-order valence-electron chi connectivity index (χ3n) is 3.15. The van der Waals surface area contributed by atoms with Crippen molar-refractivity contribution >= 4 is 11.7 Å². The van der Waals surface area contributed by atoms with Gasteiger partial charge >= 0.3 is 5.97 Å². The first-order chi connectivity index (χ1) is 7.07. The number of anilines is 1. The molecule has 0 aromatic heterocycles. The summed E-state index contributed by atoms with van der Waals surface area (Å²) in [4.78, 5) is 11.3. The minimum atomic E-state index is -0.375. The van der Waals surface area contributed by atoms with Gasteiger partial charge in [-0.2, -0.15) is 0 Å². The summed E-state index contributed by atoms with van der Waals surface area (Å²) >= 11 is 0. The summed E-state index contributed by atoms with van der Waals surface area (Å²) in [6.45, 7) is 2.21. The number of nitrogens with two attached hydrogens (primary N) is 1. The fraction of sp³-hybridized carbons (Fsp3) is 0.417. The summed E-state index contributed by atoms with van der Waals surface area (Å²) in [5, 5.41) is 0. The molecular weight excluding hydrogens is 190 g/mol. The van der Waals surface area contributed by atoms with Crippen LogP contribution in [-0.4, -0.2) is 13.1 Å². The lowest BCUT2D eigenvalue weighted by Gasteiger charge is -2.11. The summed E-state index contributed by atoms with van der Waals surface area (Å²) in [7, 11) is 1.36. The molecule has 1 aliphatic carbocycles. The molecule has 0 heterocycles. The molecule has 1 aliphatic rings. The van der Waals surface area contributed by atoms with Crippen LogP contribution in [-0.2, 0) is 10.2 Å². The van der Waals surface area contributed by atoms with E-state index in [2.05, 4.69) is 11.7 Å². The highest BCUT2D eigenvalue weighted by molar-refractivity contribution is 5.95. The van der Waals surface area contributed by atoms with Crippen molar-refractivity contribution < 1.29 is 9.53 Å². The molecule has 0 radical (unpaired) electrons. The van der Waals surface area contributed by atoms with Gasteiger partial charge in [0.25, 0.3) is 0 Å². The number of benzene rings is 1. The van der Waals surface area contributed by atoms with E-state index < -0.39 is 0 Å². The van der Waals surface area contributed by atoms with Crippen molar-refractivity contribution in [3.8, 4) is 0 Å². The Balaban J connectivity index is 2.35.